The molecule has 0 bridgehead atoms. The quantitative estimate of drug-likeness (QED) is 0.105. The molecular weight excluding hydrogens is 468 g/mol. The summed E-state index contributed by atoms with van der Waals surface area (Å²) < 4.78 is 33.4. The Morgan fingerprint density at radius 1 is 0.405 bits per heavy atom. The second-order valence-corrected chi connectivity index (χ2v) is 9.49. The molecule has 0 N–H and O–H groups in total. The zero-order valence-corrected chi connectivity index (χ0v) is 24.0. The SMILES string of the molecule is CCCCCCCCCc1ccc(OCCOCCOCCOCCOCCOCCCCCC)cc1. The van der Waals surface area contributed by atoms with Gasteiger partial charge in [0.2, 0.25) is 0 Å². The summed E-state index contributed by atoms with van der Waals surface area (Å²) in [5, 5.41) is 0. The van der Waals surface area contributed by atoms with Gasteiger partial charge in [0.05, 0.1) is 59.5 Å². The molecule has 0 aliphatic rings. The molecule has 0 aliphatic carbocycles. The number of hydrogen-bond acceptors (Lipinski definition) is 6. The first-order chi connectivity index (χ1) is 18.4. The van der Waals surface area contributed by atoms with Crippen LogP contribution in [0, 0.1) is 0 Å². The standard InChI is InChI=1S/C31H56O6/c1-3-5-7-9-10-11-12-14-30-15-17-31(18-16-30)37-29-28-36-27-26-35-25-24-34-23-22-33-21-20-32-19-13-8-6-4-2/h15-18H,3-14,19-29H2,1-2H3. The number of hydrogen-bond donors (Lipinski definition) is 0. The maximum absolute atomic E-state index is 5.77. The third-order valence-corrected chi connectivity index (χ3v) is 6.12. The Hall–Kier alpha value is -1.18. The Bertz CT molecular complexity index is 565. The number of benzene rings is 1. The van der Waals surface area contributed by atoms with Crippen LogP contribution in [0.5, 0.6) is 5.75 Å². The lowest BCUT2D eigenvalue weighted by Crippen LogP contribution is -2.14. The van der Waals surface area contributed by atoms with Crippen LogP contribution in [-0.2, 0) is 30.1 Å². The molecule has 0 amide bonds. The Morgan fingerprint density at radius 3 is 1.32 bits per heavy atom. The number of rotatable bonds is 29. The third-order valence-electron chi connectivity index (χ3n) is 6.12. The summed E-state index contributed by atoms with van der Waals surface area (Å²) in [5.74, 6) is 0.902. The summed E-state index contributed by atoms with van der Waals surface area (Å²) in [6.07, 6.45) is 15.5. The summed E-state index contributed by atoms with van der Waals surface area (Å²) in [6.45, 7) is 11.1. The van der Waals surface area contributed by atoms with E-state index in [1.54, 1.807) is 0 Å². The van der Waals surface area contributed by atoms with E-state index >= 15 is 0 Å². The molecule has 0 heterocycles. The van der Waals surface area contributed by atoms with Gasteiger partial charge in [-0.2, -0.15) is 0 Å². The van der Waals surface area contributed by atoms with Gasteiger partial charge in [-0.25, -0.2) is 0 Å². The van der Waals surface area contributed by atoms with Gasteiger partial charge in [-0.15, -0.1) is 0 Å². The van der Waals surface area contributed by atoms with Gasteiger partial charge in [-0.3, -0.25) is 0 Å². The number of unbranched alkanes of at least 4 members (excludes halogenated alkanes) is 9. The monoisotopic (exact) mass is 524 g/mol. The third kappa shape index (κ3) is 23.7. The van der Waals surface area contributed by atoms with Crippen LogP contribution in [0.15, 0.2) is 24.3 Å². The predicted molar refractivity (Wildman–Crippen MR) is 152 cm³/mol. The zero-order valence-electron chi connectivity index (χ0n) is 24.0. The van der Waals surface area contributed by atoms with E-state index in [-0.39, 0.29) is 0 Å². The molecule has 0 fully saturated rings. The molecule has 0 unspecified atom stereocenters. The molecule has 0 saturated carbocycles. The first-order valence-corrected chi connectivity index (χ1v) is 15.0. The van der Waals surface area contributed by atoms with Crippen LogP contribution in [0.25, 0.3) is 0 Å². The van der Waals surface area contributed by atoms with Crippen LogP contribution < -0.4 is 4.74 Å². The minimum absolute atomic E-state index is 0.546. The van der Waals surface area contributed by atoms with Crippen molar-refractivity contribution in [3.8, 4) is 5.75 Å². The van der Waals surface area contributed by atoms with E-state index in [1.807, 2.05) is 0 Å². The summed E-state index contributed by atoms with van der Waals surface area (Å²) >= 11 is 0. The van der Waals surface area contributed by atoms with Gasteiger partial charge in [0.15, 0.2) is 0 Å². The minimum Gasteiger partial charge on any atom is -0.491 e. The molecule has 6 heteroatoms. The smallest absolute Gasteiger partial charge is 0.119 e. The van der Waals surface area contributed by atoms with E-state index in [2.05, 4.69) is 38.1 Å². The molecule has 1 aromatic carbocycles. The first kappa shape index (κ1) is 33.8. The van der Waals surface area contributed by atoms with E-state index in [0.717, 1.165) is 25.2 Å². The van der Waals surface area contributed by atoms with Crippen LogP contribution in [0.1, 0.15) is 90.0 Å². The number of aryl methyl sites for hydroxylation is 1. The summed E-state index contributed by atoms with van der Waals surface area (Å²) in [6, 6.07) is 8.49. The van der Waals surface area contributed by atoms with Crippen molar-refractivity contribution in [2.45, 2.75) is 90.9 Å². The second kappa shape index (κ2) is 27.8. The van der Waals surface area contributed by atoms with E-state index < -0.39 is 0 Å². The molecule has 216 valence electrons. The highest BCUT2D eigenvalue weighted by molar-refractivity contribution is 5.27. The van der Waals surface area contributed by atoms with E-state index in [9.17, 15) is 0 Å². The van der Waals surface area contributed by atoms with Crippen molar-refractivity contribution in [3.05, 3.63) is 29.8 Å². The van der Waals surface area contributed by atoms with Gasteiger partial charge in [0.25, 0.3) is 0 Å². The highest BCUT2D eigenvalue weighted by atomic mass is 16.6. The molecule has 0 saturated heterocycles. The zero-order chi connectivity index (χ0) is 26.5. The van der Waals surface area contributed by atoms with Gasteiger partial charge < -0.3 is 28.4 Å². The van der Waals surface area contributed by atoms with Crippen molar-refractivity contribution in [2.24, 2.45) is 0 Å². The van der Waals surface area contributed by atoms with Crippen LogP contribution in [0.3, 0.4) is 0 Å². The molecule has 6 nitrogen and oxygen atoms in total. The maximum atomic E-state index is 5.77. The summed E-state index contributed by atoms with van der Waals surface area (Å²) in [4.78, 5) is 0. The summed E-state index contributed by atoms with van der Waals surface area (Å²) in [7, 11) is 0. The molecule has 1 aromatic rings. The molecular formula is C31H56O6. The normalized spacial score (nSPS) is 11.3. The Kier molecular flexibility index (Phi) is 25.5. The van der Waals surface area contributed by atoms with Crippen molar-refractivity contribution < 1.29 is 28.4 Å². The highest BCUT2D eigenvalue weighted by Crippen LogP contribution is 2.15. The average molecular weight is 525 g/mol. The van der Waals surface area contributed by atoms with Crippen LogP contribution in [0.2, 0.25) is 0 Å². The Morgan fingerprint density at radius 2 is 0.811 bits per heavy atom. The molecule has 0 aromatic heterocycles. The van der Waals surface area contributed by atoms with Crippen molar-refractivity contribution in [2.75, 3.05) is 72.7 Å². The predicted octanol–water partition coefficient (Wildman–Crippen LogP) is 7.02. The second-order valence-electron chi connectivity index (χ2n) is 9.49. The molecule has 37 heavy (non-hydrogen) atoms. The van der Waals surface area contributed by atoms with Crippen molar-refractivity contribution in [1.29, 1.82) is 0 Å². The molecule has 0 spiro atoms. The van der Waals surface area contributed by atoms with Gasteiger partial charge in [0, 0.05) is 6.61 Å². The van der Waals surface area contributed by atoms with Gasteiger partial charge in [0.1, 0.15) is 12.4 Å². The largest absolute Gasteiger partial charge is 0.491 e. The molecule has 0 aliphatic heterocycles. The van der Waals surface area contributed by atoms with E-state index in [0.29, 0.717) is 66.1 Å². The molecule has 0 radical (unpaired) electrons. The lowest BCUT2D eigenvalue weighted by molar-refractivity contribution is -0.0128. The maximum Gasteiger partial charge on any atom is 0.119 e. The number of ether oxygens (including phenoxy) is 6. The minimum atomic E-state index is 0.546. The highest BCUT2D eigenvalue weighted by Gasteiger charge is 1.98. The lowest BCUT2D eigenvalue weighted by Gasteiger charge is -2.09. The lowest BCUT2D eigenvalue weighted by atomic mass is 10.0. The van der Waals surface area contributed by atoms with Crippen LogP contribution in [-0.4, -0.2) is 72.7 Å². The van der Waals surface area contributed by atoms with Gasteiger partial charge in [-0.05, 0) is 37.0 Å². The topological polar surface area (TPSA) is 55.4 Å². The summed E-state index contributed by atoms with van der Waals surface area (Å²) in [5.41, 5.74) is 1.39. The average Bonchev–Trinajstić information content (AvgIpc) is 2.92. The fraction of sp³-hybridized carbons (Fsp3) is 0.806. The Balaban J connectivity index is 1.79. The van der Waals surface area contributed by atoms with E-state index in [4.69, 9.17) is 28.4 Å². The fourth-order valence-corrected chi connectivity index (χ4v) is 3.87. The first-order valence-electron chi connectivity index (χ1n) is 15.0. The van der Waals surface area contributed by atoms with Crippen molar-refractivity contribution >= 4 is 0 Å². The Labute approximate surface area is 227 Å². The van der Waals surface area contributed by atoms with Crippen molar-refractivity contribution in [3.63, 3.8) is 0 Å². The van der Waals surface area contributed by atoms with Crippen LogP contribution >= 0.6 is 0 Å². The van der Waals surface area contributed by atoms with Gasteiger partial charge >= 0.3 is 0 Å². The van der Waals surface area contributed by atoms with Crippen LogP contribution in [0.4, 0.5) is 0 Å². The van der Waals surface area contributed by atoms with Gasteiger partial charge in [-0.1, -0.05) is 83.8 Å². The molecule has 0 atom stereocenters. The molecule has 1 rings (SSSR count). The fourth-order valence-electron chi connectivity index (χ4n) is 3.87. The van der Waals surface area contributed by atoms with Crippen molar-refractivity contribution in [1.82, 2.24) is 0 Å². The van der Waals surface area contributed by atoms with E-state index in [1.165, 1.54) is 69.8 Å².